The number of nitrogens with one attached hydrogen (secondary N) is 2. The number of aliphatic hydroxyl groups excluding tert-OH is 1. The van der Waals surface area contributed by atoms with Gasteiger partial charge < -0.3 is 34.9 Å². The number of likely N-dealkylation sites (N-methyl/N-ethyl adjacent to an activating group) is 1. The highest BCUT2D eigenvalue weighted by Gasteiger charge is 2.34. The molecule has 1 heterocycles. The highest BCUT2D eigenvalue weighted by molar-refractivity contribution is 6.04. The van der Waals surface area contributed by atoms with Crippen molar-refractivity contribution in [1.29, 1.82) is 0 Å². The van der Waals surface area contributed by atoms with Gasteiger partial charge in [0.15, 0.2) is 5.75 Å². The fourth-order valence-corrected chi connectivity index (χ4v) is 5.49. The van der Waals surface area contributed by atoms with Gasteiger partial charge in [-0.3, -0.25) is 9.69 Å². The number of rotatable bonds is 11. The number of ether oxygens (including phenoxy) is 3. The zero-order valence-electron chi connectivity index (χ0n) is 27.2. The smallest absolute Gasteiger partial charge is 0.323 e. The predicted molar refractivity (Wildman–Crippen MR) is 183 cm³/mol. The van der Waals surface area contributed by atoms with Gasteiger partial charge in [-0.25, -0.2) is 4.79 Å². The number of fused-ring (bicyclic) bond motifs is 1. The van der Waals surface area contributed by atoms with Crippen LogP contribution in [-0.4, -0.2) is 72.8 Å². The molecule has 4 aromatic rings. The largest absolute Gasteiger partial charge is 0.497 e. The summed E-state index contributed by atoms with van der Waals surface area (Å²) < 4.78 is 17.8. The van der Waals surface area contributed by atoms with Crippen molar-refractivity contribution in [2.75, 3.05) is 44.5 Å². The summed E-state index contributed by atoms with van der Waals surface area (Å²) in [6, 6.07) is 28.9. The maximum Gasteiger partial charge on any atom is 0.323 e. The summed E-state index contributed by atoms with van der Waals surface area (Å²) in [5.74, 6) is 2.15. The van der Waals surface area contributed by atoms with Crippen molar-refractivity contribution < 1.29 is 28.9 Å². The third-order valence-corrected chi connectivity index (χ3v) is 8.13. The van der Waals surface area contributed by atoms with E-state index in [4.69, 9.17) is 14.2 Å². The summed E-state index contributed by atoms with van der Waals surface area (Å²) in [7, 11) is 3.60. The average molecular weight is 639 g/mol. The van der Waals surface area contributed by atoms with Gasteiger partial charge in [-0.15, -0.1) is 0 Å². The number of hydrogen-bond acceptors (Lipinski definition) is 7. The van der Waals surface area contributed by atoms with Crippen LogP contribution >= 0.6 is 0 Å². The summed E-state index contributed by atoms with van der Waals surface area (Å²) in [4.78, 5) is 30.7. The monoisotopic (exact) mass is 638 g/mol. The Morgan fingerprint density at radius 2 is 1.64 bits per heavy atom. The van der Waals surface area contributed by atoms with Crippen LogP contribution in [0.15, 0.2) is 97.1 Å². The van der Waals surface area contributed by atoms with Crippen molar-refractivity contribution in [2.24, 2.45) is 5.92 Å². The number of para-hydroxylation sites is 2. The van der Waals surface area contributed by atoms with E-state index in [-0.39, 0.29) is 24.5 Å². The van der Waals surface area contributed by atoms with Crippen molar-refractivity contribution in [2.45, 2.75) is 32.5 Å². The molecule has 0 unspecified atom stereocenters. The number of hydrogen-bond donors (Lipinski definition) is 3. The Morgan fingerprint density at radius 3 is 2.32 bits per heavy atom. The summed E-state index contributed by atoms with van der Waals surface area (Å²) >= 11 is 0. The second kappa shape index (κ2) is 15.5. The molecule has 0 bridgehead atoms. The molecule has 1 aliphatic heterocycles. The van der Waals surface area contributed by atoms with Gasteiger partial charge in [0.25, 0.3) is 5.91 Å². The molecule has 3 N–H and O–H groups in total. The van der Waals surface area contributed by atoms with E-state index in [0.717, 1.165) is 17.1 Å². The highest BCUT2D eigenvalue weighted by Crippen LogP contribution is 2.35. The molecule has 10 nitrogen and oxygen atoms in total. The quantitative estimate of drug-likeness (QED) is 0.172. The van der Waals surface area contributed by atoms with Crippen LogP contribution in [-0.2, 0) is 6.54 Å². The lowest BCUT2D eigenvalue weighted by molar-refractivity contribution is 0.0343. The van der Waals surface area contributed by atoms with Crippen LogP contribution in [0.25, 0.3) is 0 Å². The Hall–Kier alpha value is -5.06. The summed E-state index contributed by atoms with van der Waals surface area (Å²) in [5.41, 5.74) is 2.38. The molecule has 0 saturated heterocycles. The highest BCUT2D eigenvalue weighted by atomic mass is 16.5. The van der Waals surface area contributed by atoms with Crippen molar-refractivity contribution in [3.05, 3.63) is 108 Å². The molecule has 4 aromatic carbocycles. The first-order valence-corrected chi connectivity index (χ1v) is 15.7. The number of anilines is 2. The van der Waals surface area contributed by atoms with Crippen LogP contribution < -0.4 is 24.8 Å². The SMILES string of the molecule is COc1ccc(NC(=O)Nc2cccc3c2O[C@H](CN(C)Cc2ccc(Oc4ccccc4)cc2)[C@H](C)CN([C@@H](C)CO)C3=O)cc1. The van der Waals surface area contributed by atoms with E-state index >= 15 is 0 Å². The molecule has 0 fully saturated rings. The molecular formula is C37H42N4O6. The van der Waals surface area contributed by atoms with Gasteiger partial charge in [0.1, 0.15) is 23.4 Å². The lowest BCUT2D eigenvalue weighted by Crippen LogP contribution is -2.49. The lowest BCUT2D eigenvalue weighted by atomic mass is 9.99. The molecule has 0 radical (unpaired) electrons. The zero-order chi connectivity index (χ0) is 33.3. The van der Waals surface area contributed by atoms with Gasteiger partial charge in [0, 0.05) is 31.2 Å². The van der Waals surface area contributed by atoms with Crippen molar-refractivity contribution in [3.8, 4) is 23.0 Å². The minimum Gasteiger partial charge on any atom is -0.497 e. The van der Waals surface area contributed by atoms with Gasteiger partial charge in [-0.05, 0) is 80.2 Å². The normalized spacial score (nSPS) is 16.7. The summed E-state index contributed by atoms with van der Waals surface area (Å²) in [6.45, 7) is 5.29. The van der Waals surface area contributed by atoms with Crippen molar-refractivity contribution >= 4 is 23.3 Å². The molecule has 47 heavy (non-hydrogen) atoms. The fourth-order valence-electron chi connectivity index (χ4n) is 5.49. The second-order valence-electron chi connectivity index (χ2n) is 11.9. The van der Waals surface area contributed by atoms with Crippen LogP contribution in [0.5, 0.6) is 23.0 Å². The molecule has 1 aliphatic rings. The topological polar surface area (TPSA) is 113 Å². The van der Waals surface area contributed by atoms with Gasteiger partial charge in [0.05, 0.1) is 31.0 Å². The van der Waals surface area contributed by atoms with E-state index in [2.05, 4.69) is 15.5 Å². The molecule has 0 aliphatic carbocycles. The van der Waals surface area contributed by atoms with Crippen LogP contribution in [0.2, 0.25) is 0 Å². The molecular weight excluding hydrogens is 596 g/mol. The van der Waals surface area contributed by atoms with E-state index in [0.29, 0.717) is 48.1 Å². The summed E-state index contributed by atoms with van der Waals surface area (Å²) in [6.07, 6.45) is -0.339. The van der Waals surface area contributed by atoms with Gasteiger partial charge >= 0.3 is 6.03 Å². The average Bonchev–Trinajstić information content (AvgIpc) is 3.08. The number of methoxy groups -OCH3 is 1. The Labute approximate surface area is 275 Å². The van der Waals surface area contributed by atoms with E-state index in [1.165, 1.54) is 0 Å². The predicted octanol–water partition coefficient (Wildman–Crippen LogP) is 6.48. The Morgan fingerprint density at radius 1 is 0.957 bits per heavy atom. The van der Waals surface area contributed by atoms with Gasteiger partial charge in [-0.2, -0.15) is 0 Å². The molecule has 0 saturated carbocycles. The van der Waals surface area contributed by atoms with E-state index in [1.807, 2.05) is 75.5 Å². The maximum atomic E-state index is 13.8. The Bertz CT molecular complexity index is 1630. The Kier molecular flexibility index (Phi) is 11.0. The minimum atomic E-state index is -0.483. The maximum absolute atomic E-state index is 13.8. The first-order chi connectivity index (χ1) is 22.7. The number of aliphatic hydroxyl groups is 1. The van der Waals surface area contributed by atoms with Crippen molar-refractivity contribution in [1.82, 2.24) is 9.80 Å². The zero-order valence-corrected chi connectivity index (χ0v) is 27.2. The number of amides is 3. The van der Waals surface area contributed by atoms with Crippen LogP contribution in [0, 0.1) is 5.92 Å². The third kappa shape index (κ3) is 8.60. The fraction of sp³-hybridized carbons (Fsp3) is 0.297. The summed E-state index contributed by atoms with van der Waals surface area (Å²) in [5, 5.41) is 15.7. The third-order valence-electron chi connectivity index (χ3n) is 8.13. The molecule has 246 valence electrons. The lowest BCUT2D eigenvalue weighted by Gasteiger charge is -2.38. The van der Waals surface area contributed by atoms with E-state index in [9.17, 15) is 14.7 Å². The standard InChI is InChI=1S/C37H42N4O6/c1-25-21-41(26(2)24-42)36(43)32-11-8-12-33(39-37(44)38-28-15-19-29(45-4)20-16-28)35(32)47-34(25)23-40(3)22-27-13-17-31(18-14-27)46-30-9-6-5-7-10-30/h5-20,25-26,34,42H,21-24H2,1-4H3,(H2,38,39,44)/t25-,26+,34-/m1/s1. The minimum absolute atomic E-state index is 0.0913. The number of carbonyl (C=O) groups excluding carboxylic acids is 2. The Balaban J connectivity index is 1.34. The second-order valence-corrected chi connectivity index (χ2v) is 11.9. The first kappa shape index (κ1) is 33.3. The van der Waals surface area contributed by atoms with Crippen LogP contribution in [0.1, 0.15) is 29.8 Å². The molecule has 10 heteroatoms. The van der Waals surface area contributed by atoms with E-state index < -0.39 is 12.1 Å². The van der Waals surface area contributed by atoms with Crippen LogP contribution in [0.4, 0.5) is 16.2 Å². The molecule has 5 rings (SSSR count). The van der Waals surface area contributed by atoms with Crippen LogP contribution in [0.3, 0.4) is 0 Å². The first-order valence-electron chi connectivity index (χ1n) is 15.7. The van der Waals surface area contributed by atoms with E-state index in [1.54, 1.807) is 54.5 Å². The number of urea groups is 1. The number of benzene rings is 4. The van der Waals surface area contributed by atoms with Crippen molar-refractivity contribution in [3.63, 3.8) is 0 Å². The molecule has 3 amide bonds. The number of nitrogens with zero attached hydrogens (tertiary/aromatic N) is 2. The van der Waals surface area contributed by atoms with Gasteiger partial charge in [-0.1, -0.05) is 43.3 Å². The number of carbonyl (C=O) groups is 2. The molecule has 3 atom stereocenters. The van der Waals surface area contributed by atoms with Gasteiger partial charge in [0.2, 0.25) is 0 Å². The molecule has 0 spiro atoms. The molecule has 0 aromatic heterocycles.